The summed E-state index contributed by atoms with van der Waals surface area (Å²) in [6, 6.07) is 33.7. The maximum atomic E-state index is 2.34. The average Bonchev–Trinajstić information content (AvgIpc) is 2.88. The second-order valence-corrected chi connectivity index (χ2v) is 17.3. The lowest BCUT2D eigenvalue weighted by atomic mass is 9.14. The minimum Gasteiger partial charge on any atom is -0.200 e. The predicted molar refractivity (Wildman–Crippen MR) is 171 cm³/mol. The fraction of sp³-hybridized carbons (Fsp3) is 0.471. The molecule has 0 heterocycles. The van der Waals surface area contributed by atoms with E-state index in [1.54, 1.807) is 0 Å². The third-order valence-corrected chi connectivity index (χ3v) is 7.10. The van der Waals surface area contributed by atoms with E-state index in [9.17, 15) is 0 Å². The van der Waals surface area contributed by atoms with E-state index in [1.165, 1.54) is 86.9 Å². The van der Waals surface area contributed by atoms with E-state index in [0.29, 0.717) is 0 Å². The molecule has 3 aromatic carbocycles. The summed E-state index contributed by atoms with van der Waals surface area (Å²) in [5.74, 6) is 0. The summed E-state index contributed by atoms with van der Waals surface area (Å²) >= 11 is 0. The SMILES string of the molecule is CCCCCCCCCCCC[B-](c1ccccc1)(c1ccccc1)c1ccccc1.C[P+](C)(C)C. The normalized spacial score (nSPS) is 11.6. The Bertz CT molecular complexity index is 813. The summed E-state index contributed by atoms with van der Waals surface area (Å²) in [6.07, 6.45) is 14.1. The molecule has 196 valence electrons. The molecule has 0 aliphatic carbocycles. The highest BCUT2D eigenvalue weighted by molar-refractivity contribution is 7.73. The number of hydrogen-bond acceptors (Lipinski definition) is 0. The van der Waals surface area contributed by atoms with Crippen LogP contribution in [-0.2, 0) is 0 Å². The van der Waals surface area contributed by atoms with E-state index in [0.717, 1.165) is 0 Å². The standard InChI is InChI=1S/C30H40B.C4H12P/c1-2-3-4-5-6-7-8-9-10-20-27-31(28-21-14-11-15-22-28,29-23-16-12-17-24-29)30-25-18-13-19-26-30;1-5(2,3)4/h11-19,21-26H,2-10,20,27H2,1H3;1-4H3/q-1;+1. The molecule has 0 saturated heterocycles. The highest BCUT2D eigenvalue weighted by atomic mass is 31.2. The van der Waals surface area contributed by atoms with Gasteiger partial charge in [-0.3, -0.25) is 0 Å². The molecule has 0 radical (unpaired) electrons. The van der Waals surface area contributed by atoms with Gasteiger partial charge < -0.3 is 0 Å². The molecule has 0 fully saturated rings. The number of unbranched alkanes of at least 4 members (excludes halogenated alkanes) is 9. The molecule has 36 heavy (non-hydrogen) atoms. The lowest BCUT2D eigenvalue weighted by Crippen LogP contribution is -2.66. The second-order valence-electron chi connectivity index (χ2n) is 11.9. The van der Waals surface area contributed by atoms with Crippen LogP contribution in [0.4, 0.5) is 0 Å². The van der Waals surface area contributed by atoms with Crippen molar-refractivity contribution in [2.24, 2.45) is 0 Å². The Morgan fingerprint density at radius 3 is 1.03 bits per heavy atom. The van der Waals surface area contributed by atoms with Gasteiger partial charge in [0, 0.05) is 33.9 Å². The smallest absolute Gasteiger partial charge is 0.0814 e. The molecule has 0 nitrogen and oxygen atoms in total. The molecule has 3 aromatic rings. The summed E-state index contributed by atoms with van der Waals surface area (Å²) in [5, 5.41) is 0. The van der Waals surface area contributed by atoms with Gasteiger partial charge >= 0.3 is 0 Å². The van der Waals surface area contributed by atoms with Gasteiger partial charge in [-0.25, -0.2) is 0 Å². The Kier molecular flexibility index (Phi) is 14.2. The third-order valence-electron chi connectivity index (χ3n) is 7.10. The molecule has 0 atom stereocenters. The summed E-state index contributed by atoms with van der Waals surface area (Å²) in [4.78, 5) is 0. The highest BCUT2D eigenvalue weighted by Gasteiger charge is 2.29. The Labute approximate surface area is 224 Å². The van der Waals surface area contributed by atoms with E-state index >= 15 is 0 Å². The molecule has 0 spiro atoms. The minimum atomic E-state index is -0.950. The molecular formula is C34H52BP. The first-order chi connectivity index (χ1) is 17.4. The van der Waals surface area contributed by atoms with E-state index in [-0.39, 0.29) is 7.26 Å². The average molecular weight is 503 g/mol. The first-order valence-corrected chi connectivity index (χ1v) is 18.1. The van der Waals surface area contributed by atoms with Crippen LogP contribution in [0.2, 0.25) is 6.32 Å². The molecule has 0 N–H and O–H groups in total. The van der Waals surface area contributed by atoms with Crippen molar-refractivity contribution in [2.75, 3.05) is 26.7 Å². The predicted octanol–water partition coefficient (Wildman–Crippen LogP) is 8.60. The van der Waals surface area contributed by atoms with Crippen LogP contribution < -0.4 is 16.4 Å². The first kappa shape index (κ1) is 30.4. The van der Waals surface area contributed by atoms with Crippen molar-refractivity contribution < 1.29 is 0 Å². The van der Waals surface area contributed by atoms with Crippen molar-refractivity contribution in [2.45, 2.75) is 77.5 Å². The molecule has 0 bridgehead atoms. The summed E-state index contributed by atoms with van der Waals surface area (Å²) < 4.78 is 0. The van der Waals surface area contributed by atoms with E-state index in [1.807, 2.05) is 0 Å². The highest BCUT2D eigenvalue weighted by Crippen LogP contribution is 2.40. The largest absolute Gasteiger partial charge is 0.200 e. The molecule has 0 amide bonds. The monoisotopic (exact) mass is 502 g/mol. The van der Waals surface area contributed by atoms with E-state index < -0.39 is 6.15 Å². The van der Waals surface area contributed by atoms with Crippen LogP contribution in [0, 0.1) is 0 Å². The number of rotatable bonds is 14. The lowest BCUT2D eigenvalue weighted by molar-refractivity contribution is 0.562. The topological polar surface area (TPSA) is 0 Å². The molecule has 0 aromatic heterocycles. The number of benzene rings is 3. The molecular weight excluding hydrogens is 450 g/mol. The van der Waals surface area contributed by atoms with Crippen molar-refractivity contribution in [3.05, 3.63) is 91.0 Å². The zero-order chi connectivity index (χ0) is 26.1. The molecule has 2 heteroatoms. The van der Waals surface area contributed by atoms with Crippen molar-refractivity contribution >= 4 is 29.8 Å². The van der Waals surface area contributed by atoms with Crippen LogP contribution in [0.25, 0.3) is 0 Å². The quantitative estimate of drug-likeness (QED) is 0.118. The van der Waals surface area contributed by atoms with Gasteiger partial charge in [0.15, 0.2) is 0 Å². The Hall–Kier alpha value is -1.85. The Morgan fingerprint density at radius 2 is 0.722 bits per heavy atom. The maximum Gasteiger partial charge on any atom is 0.0814 e. The van der Waals surface area contributed by atoms with Gasteiger partial charge in [-0.15, -0.1) is 0 Å². The molecule has 0 aliphatic rings. The van der Waals surface area contributed by atoms with Gasteiger partial charge in [-0.2, -0.15) is 22.7 Å². The van der Waals surface area contributed by atoms with Crippen molar-refractivity contribution in [1.29, 1.82) is 0 Å². The molecule has 3 rings (SSSR count). The minimum absolute atomic E-state index is 0.389. The van der Waals surface area contributed by atoms with Gasteiger partial charge in [-0.05, 0) is 0 Å². The third kappa shape index (κ3) is 11.0. The summed E-state index contributed by atoms with van der Waals surface area (Å²) in [6.45, 7) is 11.5. The Balaban J connectivity index is 0.000000830. The van der Waals surface area contributed by atoms with Crippen LogP contribution in [0.15, 0.2) is 91.0 Å². The van der Waals surface area contributed by atoms with Crippen molar-refractivity contribution in [3.63, 3.8) is 0 Å². The van der Waals surface area contributed by atoms with E-state index in [4.69, 9.17) is 0 Å². The van der Waals surface area contributed by atoms with Gasteiger partial charge in [0.2, 0.25) is 0 Å². The first-order valence-electron chi connectivity index (χ1n) is 14.5. The van der Waals surface area contributed by atoms with Gasteiger partial charge in [0.25, 0.3) is 0 Å². The molecule has 0 saturated carbocycles. The zero-order valence-electron chi connectivity index (χ0n) is 24.0. The van der Waals surface area contributed by atoms with Crippen molar-refractivity contribution in [1.82, 2.24) is 0 Å². The fourth-order valence-electron chi connectivity index (χ4n) is 5.36. The van der Waals surface area contributed by atoms with Gasteiger partial charge in [0.1, 0.15) is 0 Å². The van der Waals surface area contributed by atoms with Crippen LogP contribution in [0.3, 0.4) is 0 Å². The maximum absolute atomic E-state index is 2.34. The van der Waals surface area contributed by atoms with Crippen LogP contribution in [0.1, 0.15) is 71.1 Å². The Morgan fingerprint density at radius 1 is 0.444 bits per heavy atom. The second kappa shape index (κ2) is 16.8. The zero-order valence-corrected chi connectivity index (χ0v) is 24.9. The van der Waals surface area contributed by atoms with Gasteiger partial charge in [0.05, 0.1) is 6.15 Å². The molecule has 0 aliphatic heterocycles. The van der Waals surface area contributed by atoms with Crippen LogP contribution >= 0.6 is 7.26 Å². The summed E-state index contributed by atoms with van der Waals surface area (Å²) in [7, 11) is -0.389. The van der Waals surface area contributed by atoms with Crippen molar-refractivity contribution in [3.8, 4) is 0 Å². The summed E-state index contributed by atoms with van der Waals surface area (Å²) in [5.41, 5.74) is 4.41. The van der Waals surface area contributed by atoms with Gasteiger partial charge in [-0.1, -0.05) is 162 Å². The lowest BCUT2D eigenvalue weighted by Gasteiger charge is -2.43. The van der Waals surface area contributed by atoms with Crippen LogP contribution in [0.5, 0.6) is 0 Å². The van der Waals surface area contributed by atoms with E-state index in [2.05, 4.69) is 125 Å². The fourth-order valence-corrected chi connectivity index (χ4v) is 5.36. The molecule has 0 unspecified atom stereocenters. The van der Waals surface area contributed by atoms with Crippen LogP contribution in [-0.4, -0.2) is 32.8 Å². The number of hydrogen-bond donors (Lipinski definition) is 0.